The Morgan fingerprint density at radius 2 is 1.88 bits per heavy atom. The molecule has 3 heterocycles. The van der Waals surface area contributed by atoms with Crippen LogP contribution in [0, 0.1) is 17.0 Å². The Kier molecular flexibility index (Phi) is 11.0. The summed E-state index contributed by atoms with van der Waals surface area (Å²) in [5.74, 6) is -4.38. The molecular weight excluding hydrogens is 710 g/mol. The van der Waals surface area contributed by atoms with Crippen LogP contribution in [0.25, 0.3) is 0 Å². The monoisotopic (exact) mass is 733 g/mol. The van der Waals surface area contributed by atoms with Crippen LogP contribution < -0.4 is 5.32 Å². The topological polar surface area (TPSA) is 208 Å². The lowest BCUT2D eigenvalue weighted by Crippen LogP contribution is -2.71. The Morgan fingerprint density at radius 3 is 2.48 bits per heavy atom. The van der Waals surface area contributed by atoms with Crippen molar-refractivity contribution in [3.05, 3.63) is 91.6 Å². The number of rotatable bonds is 13. The van der Waals surface area contributed by atoms with Gasteiger partial charge in [0.15, 0.2) is 4.34 Å². The molecule has 5 rings (SSSR count). The first-order valence-corrected chi connectivity index (χ1v) is 17.2. The summed E-state index contributed by atoms with van der Waals surface area (Å²) in [6, 6.07) is 9.83. The molecule has 250 valence electrons. The summed E-state index contributed by atoms with van der Waals surface area (Å²) in [6.45, 7) is 1.66. The summed E-state index contributed by atoms with van der Waals surface area (Å²) in [4.78, 5) is 75.0. The number of nitro benzene ring substituents is 1. The van der Waals surface area contributed by atoms with E-state index in [9.17, 15) is 39.2 Å². The maximum atomic E-state index is 13.4. The van der Waals surface area contributed by atoms with Crippen LogP contribution >= 0.6 is 46.5 Å². The smallest absolute Gasteiger partial charge is 0.352 e. The number of esters is 2. The Morgan fingerprint density at radius 1 is 1.17 bits per heavy atom. The predicted octanol–water partition coefficient (Wildman–Crippen LogP) is 3.47. The molecule has 1 saturated heterocycles. The largest absolute Gasteiger partial charge is 0.477 e. The van der Waals surface area contributed by atoms with Crippen molar-refractivity contribution in [3.8, 4) is 0 Å². The molecule has 2 aliphatic rings. The number of nitrogens with zero attached hydrogens (tertiary/aromatic N) is 4. The number of hydrogen-bond donors (Lipinski definition) is 2. The van der Waals surface area contributed by atoms with Gasteiger partial charge in [-0.15, -0.1) is 33.6 Å². The molecule has 1 fully saturated rings. The number of carbonyl (C=O) groups excluding carboxylic acids is 4. The van der Waals surface area contributed by atoms with Crippen LogP contribution in [0.3, 0.4) is 0 Å². The van der Waals surface area contributed by atoms with Crippen molar-refractivity contribution in [2.45, 2.75) is 35.4 Å². The Bertz CT molecular complexity index is 1800. The lowest BCUT2D eigenvalue weighted by molar-refractivity contribution is -0.384. The number of β-lactam (4-membered cyclic amide) rings is 1. The van der Waals surface area contributed by atoms with E-state index in [-0.39, 0.29) is 34.9 Å². The number of aliphatic carboxylic acids is 1. The average Bonchev–Trinajstić information content (AvgIpc) is 3.51. The number of non-ortho nitro benzene ring substituents is 1. The molecule has 0 saturated carbocycles. The molecule has 0 spiro atoms. The van der Waals surface area contributed by atoms with Crippen molar-refractivity contribution < 1.29 is 43.5 Å². The highest BCUT2D eigenvalue weighted by atomic mass is 35.5. The maximum Gasteiger partial charge on any atom is 0.352 e. The number of aryl methyl sites for hydroxylation is 1. The molecule has 2 N–H and O–H groups in total. The number of nitro groups is 1. The molecule has 0 radical (unpaired) electrons. The van der Waals surface area contributed by atoms with E-state index in [1.807, 2.05) is 0 Å². The summed E-state index contributed by atoms with van der Waals surface area (Å²) in [6.07, 6.45) is -1.55. The summed E-state index contributed by atoms with van der Waals surface area (Å²) in [7, 11) is 0. The highest BCUT2D eigenvalue weighted by Crippen LogP contribution is 2.42. The first kappa shape index (κ1) is 34.8. The van der Waals surface area contributed by atoms with Crippen molar-refractivity contribution in [2.75, 3.05) is 17.4 Å². The van der Waals surface area contributed by atoms with Gasteiger partial charge in [0.1, 0.15) is 34.6 Å². The standard InChI is InChI=1S/C29H24ClN5O10S3/c1-14-32-33-29(48-14)47-13-18-12-46-26-21(25(38)34(26)22(18)27(39)40)31-24(37)23(45-20(36)10-30)16-4-6-17(7-5-16)28(41)44-11-15-2-8-19(9-3-15)35(42)43/h2-9,21,23,26H,10-13H2,1H3,(H,31,37)(H,39,40)/t21?,23?,26-/m1/s1. The molecule has 3 atom stereocenters. The first-order chi connectivity index (χ1) is 23.0. The Balaban J connectivity index is 1.24. The molecule has 2 aliphatic heterocycles. The predicted molar refractivity (Wildman–Crippen MR) is 173 cm³/mol. The number of alkyl halides is 1. The van der Waals surface area contributed by atoms with Crippen molar-refractivity contribution >= 4 is 81.9 Å². The van der Waals surface area contributed by atoms with E-state index in [4.69, 9.17) is 21.1 Å². The van der Waals surface area contributed by atoms with Gasteiger partial charge in [0.2, 0.25) is 6.10 Å². The van der Waals surface area contributed by atoms with E-state index < -0.39 is 58.0 Å². The SMILES string of the molecule is Cc1nnc(SCC2=C(C(=O)O)N3C(=O)C(NC(=O)C(OC(=O)CCl)c4ccc(C(=O)OCc5ccc([N+](=O)[O-])cc5)cc4)[C@H]3SC2)s1. The number of fused-ring (bicyclic) bond motifs is 1. The van der Waals surface area contributed by atoms with Gasteiger partial charge in [0.05, 0.1) is 10.5 Å². The zero-order valence-electron chi connectivity index (χ0n) is 24.7. The van der Waals surface area contributed by atoms with Crippen molar-refractivity contribution in [1.82, 2.24) is 20.4 Å². The number of thioether (sulfide) groups is 2. The summed E-state index contributed by atoms with van der Waals surface area (Å²) < 4.78 is 11.2. The zero-order valence-corrected chi connectivity index (χ0v) is 27.9. The second-order valence-electron chi connectivity index (χ2n) is 10.2. The molecular formula is C29H24ClN5O10S3. The van der Waals surface area contributed by atoms with Crippen LogP contribution in [0.4, 0.5) is 5.69 Å². The van der Waals surface area contributed by atoms with E-state index in [1.54, 1.807) is 6.92 Å². The number of carboxylic acid groups (broad SMARTS) is 1. The second-order valence-corrected chi connectivity index (χ2v) is 13.9. The van der Waals surface area contributed by atoms with Gasteiger partial charge in [-0.2, -0.15) is 0 Å². The van der Waals surface area contributed by atoms with Crippen molar-refractivity contribution in [1.29, 1.82) is 0 Å². The summed E-state index contributed by atoms with van der Waals surface area (Å²) in [5.41, 5.74) is 1.07. The molecule has 1 aromatic heterocycles. The summed E-state index contributed by atoms with van der Waals surface area (Å²) >= 11 is 9.59. The molecule has 0 aliphatic carbocycles. The highest BCUT2D eigenvalue weighted by molar-refractivity contribution is 8.01. The van der Waals surface area contributed by atoms with Crippen molar-refractivity contribution in [2.24, 2.45) is 0 Å². The van der Waals surface area contributed by atoms with E-state index in [0.29, 0.717) is 21.2 Å². The molecule has 3 aromatic rings. The molecule has 2 aromatic carbocycles. The third kappa shape index (κ3) is 7.78. The molecule has 48 heavy (non-hydrogen) atoms. The Labute approximate surface area is 289 Å². The van der Waals surface area contributed by atoms with Gasteiger partial charge < -0.3 is 19.9 Å². The minimum absolute atomic E-state index is 0.104. The fourth-order valence-electron chi connectivity index (χ4n) is 4.68. The molecule has 19 heteroatoms. The van der Waals surface area contributed by atoms with Crippen LogP contribution in [0.15, 0.2) is 64.1 Å². The van der Waals surface area contributed by atoms with Crippen LogP contribution in [0.5, 0.6) is 0 Å². The van der Waals surface area contributed by atoms with Crippen LogP contribution in [-0.2, 0) is 35.3 Å². The molecule has 0 bridgehead atoms. The minimum Gasteiger partial charge on any atom is -0.477 e. The minimum atomic E-state index is -1.55. The zero-order chi connectivity index (χ0) is 34.5. The van der Waals surface area contributed by atoms with Crippen molar-refractivity contribution in [3.63, 3.8) is 0 Å². The number of carboxylic acids is 1. The number of carbonyl (C=O) groups is 5. The number of hydrogen-bond acceptors (Lipinski definition) is 14. The van der Waals surface area contributed by atoms with E-state index in [0.717, 1.165) is 9.91 Å². The average molecular weight is 734 g/mol. The van der Waals surface area contributed by atoms with Gasteiger partial charge in [-0.1, -0.05) is 35.2 Å². The van der Waals surface area contributed by atoms with E-state index >= 15 is 0 Å². The maximum absolute atomic E-state index is 13.4. The lowest BCUT2D eigenvalue weighted by atomic mass is 10.0. The molecule has 15 nitrogen and oxygen atoms in total. The lowest BCUT2D eigenvalue weighted by Gasteiger charge is -2.49. The number of ether oxygens (including phenoxy) is 2. The van der Waals surface area contributed by atoms with Crippen LogP contribution in [-0.4, -0.2) is 83.7 Å². The Hall–Kier alpha value is -4.52. The third-order valence-electron chi connectivity index (χ3n) is 6.99. The van der Waals surface area contributed by atoms with Gasteiger partial charge >= 0.3 is 17.9 Å². The molecule has 2 unspecified atom stereocenters. The third-order valence-corrected chi connectivity index (χ3v) is 10.6. The van der Waals surface area contributed by atoms with E-state index in [2.05, 4.69) is 15.5 Å². The fraction of sp³-hybridized carbons (Fsp3) is 0.276. The van der Waals surface area contributed by atoms with Gasteiger partial charge in [0.25, 0.3) is 17.5 Å². The fourth-order valence-corrected chi connectivity index (χ4v) is 8.05. The van der Waals surface area contributed by atoms with Gasteiger partial charge in [-0.3, -0.25) is 29.4 Å². The normalized spacial score (nSPS) is 17.5. The second kappa shape index (κ2) is 15.1. The molecule has 2 amide bonds. The van der Waals surface area contributed by atoms with Crippen LogP contribution in [0.2, 0.25) is 0 Å². The van der Waals surface area contributed by atoms with Gasteiger partial charge in [-0.25, -0.2) is 9.59 Å². The first-order valence-electron chi connectivity index (χ1n) is 13.9. The number of halogens is 1. The number of nitrogens with one attached hydrogen (secondary N) is 1. The number of aromatic nitrogens is 2. The van der Waals surface area contributed by atoms with E-state index in [1.165, 1.54) is 83.4 Å². The summed E-state index contributed by atoms with van der Waals surface area (Å²) in [5, 5.41) is 31.4. The van der Waals surface area contributed by atoms with Gasteiger partial charge in [-0.05, 0) is 42.3 Å². The van der Waals surface area contributed by atoms with Crippen LogP contribution in [0.1, 0.15) is 32.6 Å². The quantitative estimate of drug-likeness (QED) is 0.0644. The number of benzene rings is 2. The van der Waals surface area contributed by atoms with Gasteiger partial charge in [0, 0.05) is 29.2 Å². The highest BCUT2D eigenvalue weighted by Gasteiger charge is 2.54. The number of amides is 2.